The molecular formula is C28H32ClNO4. The number of aliphatic hydroxyl groups excluding tert-OH is 1. The van der Waals surface area contributed by atoms with Gasteiger partial charge < -0.3 is 14.6 Å². The van der Waals surface area contributed by atoms with Crippen molar-refractivity contribution < 1.29 is 19.4 Å². The Balaban J connectivity index is 2.41. The monoisotopic (exact) mass is 481 g/mol. The normalized spacial score (nSPS) is 12.5. The van der Waals surface area contributed by atoms with Gasteiger partial charge in [0, 0.05) is 16.1 Å². The molecule has 3 aromatic rings. The molecule has 0 aliphatic rings. The highest BCUT2D eigenvalue weighted by Crippen LogP contribution is 2.41. The predicted octanol–water partition coefficient (Wildman–Crippen LogP) is 6.52. The summed E-state index contributed by atoms with van der Waals surface area (Å²) in [4.78, 5) is 17.8. The van der Waals surface area contributed by atoms with Crippen LogP contribution in [0.5, 0.6) is 0 Å². The van der Waals surface area contributed by atoms with Crippen molar-refractivity contribution in [3.05, 3.63) is 75.4 Å². The third-order valence-corrected chi connectivity index (χ3v) is 6.02. The number of aliphatic hydroxyl groups is 1. The van der Waals surface area contributed by atoms with E-state index in [9.17, 15) is 9.90 Å². The van der Waals surface area contributed by atoms with Crippen LogP contribution in [0.1, 0.15) is 54.8 Å². The van der Waals surface area contributed by atoms with Crippen LogP contribution < -0.4 is 0 Å². The second-order valence-electron chi connectivity index (χ2n) is 9.42. The number of halogens is 1. The van der Waals surface area contributed by atoms with Crippen molar-refractivity contribution in [2.75, 3.05) is 7.11 Å². The van der Waals surface area contributed by atoms with Gasteiger partial charge in [0.2, 0.25) is 0 Å². The third-order valence-electron chi connectivity index (χ3n) is 5.77. The molecule has 0 spiro atoms. The van der Waals surface area contributed by atoms with Gasteiger partial charge in [-0.15, -0.1) is 0 Å². The lowest BCUT2D eigenvalue weighted by molar-refractivity contribution is -0.164. The number of ether oxygens (including phenoxy) is 2. The topological polar surface area (TPSA) is 68.7 Å². The SMILES string of the molecule is COC(=O)C(OC(C)(C)C)c1c(CO)nc(-c2ccc(C)c(C)c2)c(C)c1-c1ccc(Cl)cc1. The Kier molecular flexibility index (Phi) is 7.81. The van der Waals surface area contributed by atoms with Crippen molar-refractivity contribution in [3.8, 4) is 22.4 Å². The Bertz CT molecular complexity index is 1200. The van der Waals surface area contributed by atoms with Crippen molar-refractivity contribution in [2.45, 2.75) is 59.9 Å². The molecule has 5 nitrogen and oxygen atoms in total. The van der Waals surface area contributed by atoms with Crippen molar-refractivity contribution in [1.29, 1.82) is 0 Å². The number of methoxy groups -OCH3 is 1. The van der Waals surface area contributed by atoms with Gasteiger partial charge in [-0.05, 0) is 87.6 Å². The van der Waals surface area contributed by atoms with Crippen molar-refractivity contribution in [3.63, 3.8) is 0 Å². The lowest BCUT2D eigenvalue weighted by Gasteiger charge is -2.30. The summed E-state index contributed by atoms with van der Waals surface area (Å²) in [5, 5.41) is 11.0. The zero-order chi connectivity index (χ0) is 25.2. The van der Waals surface area contributed by atoms with Crippen LogP contribution in [0.2, 0.25) is 5.02 Å². The van der Waals surface area contributed by atoms with Crippen molar-refractivity contribution in [1.82, 2.24) is 4.98 Å². The first kappa shape index (κ1) is 25.9. The molecule has 2 aromatic carbocycles. The summed E-state index contributed by atoms with van der Waals surface area (Å²) in [7, 11) is 1.33. The molecule has 0 aliphatic carbocycles. The number of benzene rings is 2. The molecule has 0 radical (unpaired) electrons. The number of carbonyl (C=O) groups excluding carboxylic acids is 1. The highest BCUT2D eigenvalue weighted by atomic mass is 35.5. The fraction of sp³-hybridized carbons (Fsp3) is 0.357. The van der Waals surface area contributed by atoms with Gasteiger partial charge in [-0.3, -0.25) is 0 Å². The second kappa shape index (κ2) is 10.3. The molecular weight excluding hydrogens is 450 g/mol. The van der Waals surface area contributed by atoms with E-state index in [1.165, 1.54) is 12.7 Å². The van der Waals surface area contributed by atoms with Crippen LogP contribution in [0.3, 0.4) is 0 Å². The number of pyridine rings is 1. The van der Waals surface area contributed by atoms with Gasteiger partial charge in [0.05, 0.1) is 30.7 Å². The molecule has 6 heteroatoms. The van der Waals surface area contributed by atoms with Crippen LogP contribution in [0.4, 0.5) is 0 Å². The van der Waals surface area contributed by atoms with E-state index in [0.29, 0.717) is 16.3 Å². The first-order valence-corrected chi connectivity index (χ1v) is 11.6. The predicted molar refractivity (Wildman–Crippen MR) is 136 cm³/mol. The molecule has 0 bridgehead atoms. The van der Waals surface area contributed by atoms with E-state index in [2.05, 4.69) is 26.0 Å². The summed E-state index contributed by atoms with van der Waals surface area (Å²) in [6.45, 7) is 11.3. The van der Waals surface area contributed by atoms with E-state index in [-0.39, 0.29) is 6.61 Å². The number of hydrogen-bond donors (Lipinski definition) is 1. The maximum absolute atomic E-state index is 13.0. The molecule has 0 saturated carbocycles. The lowest BCUT2D eigenvalue weighted by atomic mass is 9.88. The van der Waals surface area contributed by atoms with Crippen LogP contribution in [0, 0.1) is 20.8 Å². The van der Waals surface area contributed by atoms with Gasteiger partial charge in [0.15, 0.2) is 6.10 Å². The second-order valence-corrected chi connectivity index (χ2v) is 9.85. The molecule has 0 amide bonds. The molecule has 0 saturated heterocycles. The zero-order valence-electron chi connectivity index (χ0n) is 20.8. The van der Waals surface area contributed by atoms with Crippen molar-refractivity contribution in [2.24, 2.45) is 0 Å². The molecule has 0 fully saturated rings. The summed E-state index contributed by atoms with van der Waals surface area (Å²) in [5.74, 6) is -0.556. The lowest BCUT2D eigenvalue weighted by Crippen LogP contribution is -2.30. The molecule has 1 unspecified atom stereocenters. The fourth-order valence-corrected chi connectivity index (χ4v) is 4.12. The van der Waals surface area contributed by atoms with E-state index < -0.39 is 17.7 Å². The first-order valence-electron chi connectivity index (χ1n) is 11.2. The molecule has 180 valence electrons. The first-order chi connectivity index (χ1) is 16.0. The number of carbonyl (C=O) groups is 1. The Morgan fingerprint density at radius 1 is 1.03 bits per heavy atom. The average molecular weight is 482 g/mol. The quantitative estimate of drug-likeness (QED) is 0.406. The van der Waals surface area contributed by atoms with Crippen LogP contribution in [0.25, 0.3) is 22.4 Å². The minimum Gasteiger partial charge on any atom is -0.467 e. The molecule has 0 aliphatic heterocycles. The number of aryl methyl sites for hydroxylation is 2. The minimum absolute atomic E-state index is 0.364. The van der Waals surface area contributed by atoms with Gasteiger partial charge in [-0.25, -0.2) is 9.78 Å². The van der Waals surface area contributed by atoms with E-state index in [1.807, 2.05) is 45.9 Å². The maximum Gasteiger partial charge on any atom is 0.339 e. The summed E-state index contributed by atoms with van der Waals surface area (Å²) in [5.41, 5.74) is 6.68. The molecule has 1 atom stereocenters. The maximum atomic E-state index is 13.0. The number of rotatable bonds is 6. The van der Waals surface area contributed by atoms with Crippen LogP contribution in [-0.2, 0) is 20.9 Å². The molecule has 1 heterocycles. The molecule has 1 aromatic heterocycles. The van der Waals surface area contributed by atoms with E-state index in [1.54, 1.807) is 12.1 Å². The summed E-state index contributed by atoms with van der Waals surface area (Å²) >= 11 is 6.17. The third kappa shape index (κ3) is 5.49. The zero-order valence-corrected chi connectivity index (χ0v) is 21.6. The smallest absolute Gasteiger partial charge is 0.339 e. The Morgan fingerprint density at radius 3 is 2.18 bits per heavy atom. The van der Waals surface area contributed by atoms with Gasteiger partial charge in [-0.2, -0.15) is 0 Å². The standard InChI is InChI=1S/C28H32ClNO4/c1-16-8-9-20(14-17(16)2)25-18(3)23(19-10-12-21(29)13-11-19)24(22(15-31)30-25)26(27(32)33-7)34-28(4,5)6/h8-14,26,31H,15H2,1-7H3. The van der Waals surface area contributed by atoms with E-state index >= 15 is 0 Å². The Labute approximate surface area is 206 Å². The number of esters is 1. The summed E-state index contributed by atoms with van der Waals surface area (Å²) in [6, 6.07) is 13.5. The van der Waals surface area contributed by atoms with E-state index in [0.717, 1.165) is 33.5 Å². The fourth-order valence-electron chi connectivity index (χ4n) is 3.99. The Morgan fingerprint density at radius 2 is 1.65 bits per heavy atom. The largest absolute Gasteiger partial charge is 0.467 e. The highest BCUT2D eigenvalue weighted by molar-refractivity contribution is 6.30. The van der Waals surface area contributed by atoms with Gasteiger partial charge in [-0.1, -0.05) is 35.9 Å². The molecule has 34 heavy (non-hydrogen) atoms. The number of nitrogens with zero attached hydrogens (tertiary/aromatic N) is 1. The summed E-state index contributed by atoms with van der Waals surface area (Å²) < 4.78 is 11.3. The van der Waals surface area contributed by atoms with Crippen molar-refractivity contribution >= 4 is 17.6 Å². The number of aromatic nitrogens is 1. The average Bonchev–Trinajstić information content (AvgIpc) is 2.78. The van der Waals surface area contributed by atoms with Gasteiger partial charge in [0.25, 0.3) is 0 Å². The Hall–Kier alpha value is -2.73. The van der Waals surface area contributed by atoms with E-state index in [4.69, 9.17) is 26.1 Å². The highest BCUT2D eigenvalue weighted by Gasteiger charge is 2.34. The molecule has 1 N–H and O–H groups in total. The van der Waals surface area contributed by atoms with Crippen LogP contribution in [-0.4, -0.2) is 28.8 Å². The summed E-state index contributed by atoms with van der Waals surface area (Å²) in [6.07, 6.45) is -1.07. The van der Waals surface area contributed by atoms with Gasteiger partial charge in [0.1, 0.15) is 0 Å². The van der Waals surface area contributed by atoms with Gasteiger partial charge >= 0.3 is 5.97 Å². The number of hydrogen-bond acceptors (Lipinski definition) is 5. The van der Waals surface area contributed by atoms with Crippen LogP contribution >= 0.6 is 11.6 Å². The van der Waals surface area contributed by atoms with Crippen LogP contribution in [0.15, 0.2) is 42.5 Å². The minimum atomic E-state index is -1.07. The molecule has 3 rings (SSSR count).